The molecule has 1 N–H and O–H groups in total. The number of aromatic nitrogens is 2. The first-order valence-electron chi connectivity index (χ1n) is 6.84. The van der Waals surface area contributed by atoms with E-state index in [0.717, 1.165) is 10.7 Å². The van der Waals surface area contributed by atoms with E-state index < -0.39 is 23.8 Å². The molecular weight excluding hydrogens is 314 g/mol. The normalized spacial score (nSPS) is 13.0. The second kappa shape index (κ2) is 6.39. The molecule has 0 aliphatic heterocycles. The van der Waals surface area contributed by atoms with Gasteiger partial charge in [-0.05, 0) is 37.6 Å². The lowest BCUT2D eigenvalue weighted by Crippen LogP contribution is -2.31. The second-order valence-corrected chi connectivity index (χ2v) is 5.13. The van der Waals surface area contributed by atoms with E-state index >= 15 is 0 Å². The van der Waals surface area contributed by atoms with E-state index in [-0.39, 0.29) is 18.1 Å². The van der Waals surface area contributed by atoms with Crippen molar-refractivity contribution in [1.82, 2.24) is 15.1 Å². The highest BCUT2D eigenvalue weighted by Crippen LogP contribution is 2.29. The minimum absolute atomic E-state index is 0.149. The Morgan fingerprint density at radius 3 is 2.43 bits per heavy atom. The number of carbonyl (C=O) groups excluding carboxylic acids is 1. The molecule has 1 aromatic heterocycles. The van der Waals surface area contributed by atoms with Gasteiger partial charge >= 0.3 is 6.18 Å². The minimum Gasteiger partial charge on any atom is -0.350 e. The Bertz CT molecular complexity index is 692. The van der Waals surface area contributed by atoms with Gasteiger partial charge in [-0.1, -0.05) is 12.1 Å². The lowest BCUT2D eigenvalue weighted by molar-refractivity contribution is -0.142. The molecule has 1 heterocycles. The maximum atomic E-state index is 12.8. The number of benzene rings is 1. The summed E-state index contributed by atoms with van der Waals surface area (Å²) in [6.07, 6.45) is -4.56. The molecule has 124 valence electrons. The van der Waals surface area contributed by atoms with Gasteiger partial charge in [0.15, 0.2) is 5.69 Å². The van der Waals surface area contributed by atoms with Crippen molar-refractivity contribution in [2.24, 2.45) is 0 Å². The van der Waals surface area contributed by atoms with Gasteiger partial charge in [-0.3, -0.25) is 9.48 Å². The first-order valence-corrected chi connectivity index (χ1v) is 6.84. The highest BCUT2D eigenvalue weighted by Gasteiger charge is 2.35. The van der Waals surface area contributed by atoms with Gasteiger partial charge in [0.2, 0.25) is 5.91 Å². The molecular formula is C15H15F4N3O. The molecule has 8 heteroatoms. The summed E-state index contributed by atoms with van der Waals surface area (Å²) < 4.78 is 51.7. The monoisotopic (exact) mass is 329 g/mol. The molecule has 1 amide bonds. The molecule has 4 nitrogen and oxygen atoms in total. The van der Waals surface area contributed by atoms with Crippen molar-refractivity contribution in [1.29, 1.82) is 0 Å². The first-order chi connectivity index (χ1) is 10.7. The van der Waals surface area contributed by atoms with Crippen LogP contribution in [0, 0.1) is 12.7 Å². The SMILES string of the molecule is Cc1cc(C(F)(F)F)nn1C(C)C(=O)NCc1ccc(F)cc1. The Balaban J connectivity index is 2.05. The number of nitrogens with zero attached hydrogens (tertiary/aromatic N) is 2. The van der Waals surface area contributed by atoms with Crippen LogP contribution in [0.3, 0.4) is 0 Å². The largest absolute Gasteiger partial charge is 0.435 e. The molecule has 0 aliphatic carbocycles. The highest BCUT2D eigenvalue weighted by atomic mass is 19.4. The van der Waals surface area contributed by atoms with Crippen molar-refractivity contribution in [2.75, 3.05) is 0 Å². The van der Waals surface area contributed by atoms with Crippen molar-refractivity contribution >= 4 is 5.91 Å². The molecule has 0 saturated heterocycles. The number of alkyl halides is 3. The van der Waals surface area contributed by atoms with E-state index in [1.165, 1.54) is 38.1 Å². The van der Waals surface area contributed by atoms with Crippen LogP contribution in [0.5, 0.6) is 0 Å². The zero-order chi connectivity index (χ0) is 17.2. The zero-order valence-corrected chi connectivity index (χ0v) is 12.5. The summed E-state index contributed by atoms with van der Waals surface area (Å²) in [5.41, 5.74) is -0.116. The average Bonchev–Trinajstić information content (AvgIpc) is 2.87. The van der Waals surface area contributed by atoms with E-state index in [2.05, 4.69) is 10.4 Å². The summed E-state index contributed by atoms with van der Waals surface area (Å²) in [4.78, 5) is 12.1. The number of nitrogens with one attached hydrogen (secondary N) is 1. The molecule has 23 heavy (non-hydrogen) atoms. The predicted octanol–water partition coefficient (Wildman–Crippen LogP) is 3.23. The molecule has 1 aromatic carbocycles. The fourth-order valence-electron chi connectivity index (χ4n) is 2.07. The van der Waals surface area contributed by atoms with Crippen LogP contribution in [-0.4, -0.2) is 15.7 Å². The van der Waals surface area contributed by atoms with Crippen molar-refractivity contribution < 1.29 is 22.4 Å². The number of hydrogen-bond acceptors (Lipinski definition) is 2. The summed E-state index contributed by atoms with van der Waals surface area (Å²) in [5, 5.41) is 6.04. The summed E-state index contributed by atoms with van der Waals surface area (Å²) in [7, 11) is 0. The Hall–Kier alpha value is -2.38. The van der Waals surface area contributed by atoms with Gasteiger partial charge in [0.1, 0.15) is 11.9 Å². The fraction of sp³-hybridized carbons (Fsp3) is 0.333. The maximum Gasteiger partial charge on any atom is 0.435 e. The summed E-state index contributed by atoms with van der Waals surface area (Å²) >= 11 is 0. The van der Waals surface area contributed by atoms with Gasteiger partial charge in [-0.15, -0.1) is 0 Å². The second-order valence-electron chi connectivity index (χ2n) is 5.13. The fourth-order valence-corrected chi connectivity index (χ4v) is 2.07. The standard InChI is InChI=1S/C15H15F4N3O/c1-9-7-13(15(17,18)19)21-22(9)10(2)14(23)20-8-11-3-5-12(16)6-4-11/h3-7,10H,8H2,1-2H3,(H,20,23). The Kier molecular flexibility index (Phi) is 4.72. The van der Waals surface area contributed by atoms with Gasteiger partial charge in [0.25, 0.3) is 0 Å². The molecule has 0 fully saturated rings. The molecule has 0 spiro atoms. The molecule has 0 bridgehead atoms. The third kappa shape index (κ3) is 4.08. The number of hydrogen-bond donors (Lipinski definition) is 1. The lowest BCUT2D eigenvalue weighted by Gasteiger charge is -2.14. The average molecular weight is 329 g/mol. The smallest absolute Gasteiger partial charge is 0.350 e. The van der Waals surface area contributed by atoms with Crippen LogP contribution < -0.4 is 5.32 Å². The van der Waals surface area contributed by atoms with E-state index in [0.29, 0.717) is 5.56 Å². The molecule has 1 unspecified atom stereocenters. The van der Waals surface area contributed by atoms with E-state index in [1.807, 2.05) is 0 Å². The number of amides is 1. The third-order valence-corrected chi connectivity index (χ3v) is 3.34. The van der Waals surface area contributed by atoms with Crippen molar-refractivity contribution in [2.45, 2.75) is 32.6 Å². The van der Waals surface area contributed by atoms with Gasteiger partial charge in [0, 0.05) is 12.2 Å². The Morgan fingerprint density at radius 1 is 1.30 bits per heavy atom. The van der Waals surface area contributed by atoms with Crippen LogP contribution in [0.25, 0.3) is 0 Å². The zero-order valence-electron chi connectivity index (χ0n) is 12.5. The van der Waals surface area contributed by atoms with Crippen LogP contribution >= 0.6 is 0 Å². The number of halogens is 4. The van der Waals surface area contributed by atoms with Crippen LogP contribution in [0.15, 0.2) is 30.3 Å². The lowest BCUT2D eigenvalue weighted by atomic mass is 10.2. The quantitative estimate of drug-likeness (QED) is 0.876. The van der Waals surface area contributed by atoms with Crippen LogP contribution in [0.2, 0.25) is 0 Å². The summed E-state index contributed by atoms with van der Waals surface area (Å²) in [6.45, 7) is 3.06. The van der Waals surface area contributed by atoms with Gasteiger partial charge < -0.3 is 5.32 Å². The highest BCUT2D eigenvalue weighted by molar-refractivity contribution is 5.79. The van der Waals surface area contributed by atoms with Crippen molar-refractivity contribution in [3.05, 3.63) is 53.1 Å². The Labute approximate surface area is 130 Å². The van der Waals surface area contributed by atoms with Gasteiger partial charge in [-0.25, -0.2) is 4.39 Å². The number of carbonyl (C=O) groups is 1. The van der Waals surface area contributed by atoms with Gasteiger partial charge in [-0.2, -0.15) is 18.3 Å². The maximum absolute atomic E-state index is 12.8. The van der Waals surface area contributed by atoms with E-state index in [9.17, 15) is 22.4 Å². The van der Waals surface area contributed by atoms with E-state index in [1.54, 1.807) is 0 Å². The minimum atomic E-state index is -4.56. The molecule has 2 aromatic rings. The summed E-state index contributed by atoms with van der Waals surface area (Å²) in [5.74, 6) is -0.866. The summed E-state index contributed by atoms with van der Waals surface area (Å²) in [6, 6.07) is 5.55. The van der Waals surface area contributed by atoms with Crippen LogP contribution in [0.4, 0.5) is 17.6 Å². The molecule has 0 radical (unpaired) electrons. The Morgan fingerprint density at radius 2 is 1.91 bits per heavy atom. The molecule has 0 aliphatic rings. The number of aryl methyl sites for hydroxylation is 1. The molecule has 2 rings (SSSR count). The van der Waals surface area contributed by atoms with Crippen LogP contribution in [0.1, 0.15) is 29.9 Å². The van der Waals surface area contributed by atoms with Crippen molar-refractivity contribution in [3.63, 3.8) is 0 Å². The van der Waals surface area contributed by atoms with E-state index in [4.69, 9.17) is 0 Å². The topological polar surface area (TPSA) is 46.9 Å². The third-order valence-electron chi connectivity index (χ3n) is 3.34. The molecule has 1 atom stereocenters. The molecule has 0 saturated carbocycles. The predicted molar refractivity (Wildman–Crippen MR) is 74.9 cm³/mol. The van der Waals surface area contributed by atoms with Crippen LogP contribution in [-0.2, 0) is 17.5 Å². The number of rotatable bonds is 4. The first kappa shape index (κ1) is 17.0. The van der Waals surface area contributed by atoms with Crippen molar-refractivity contribution in [3.8, 4) is 0 Å². The van der Waals surface area contributed by atoms with Gasteiger partial charge in [0.05, 0.1) is 0 Å².